The van der Waals surface area contributed by atoms with E-state index in [2.05, 4.69) is 11.1 Å². The zero-order chi connectivity index (χ0) is 16.0. The number of carbonyl (C=O) groups excluding carboxylic acids is 1. The summed E-state index contributed by atoms with van der Waals surface area (Å²) in [6.07, 6.45) is 7.97. The van der Waals surface area contributed by atoms with Gasteiger partial charge in [0.05, 0.1) is 10.6 Å². The van der Waals surface area contributed by atoms with Gasteiger partial charge >= 0.3 is 0 Å². The molecule has 1 aliphatic carbocycles. The number of Topliss-reactive ketones (excluding diaryl/α,β-unsaturated/α-hetero) is 1. The molecule has 4 nitrogen and oxygen atoms in total. The molecule has 0 bridgehead atoms. The van der Waals surface area contributed by atoms with Gasteiger partial charge in [0.25, 0.3) is 0 Å². The third-order valence-electron chi connectivity index (χ3n) is 4.42. The van der Waals surface area contributed by atoms with E-state index in [4.69, 9.17) is 10.7 Å². The average molecular weight is 323 g/mol. The van der Waals surface area contributed by atoms with Gasteiger partial charge in [0.2, 0.25) is 0 Å². The number of pyridine rings is 2. The molecule has 0 spiro atoms. The second kappa shape index (κ2) is 5.42. The largest absolute Gasteiger partial charge is 0.397 e. The van der Waals surface area contributed by atoms with E-state index in [1.807, 2.05) is 12.3 Å². The van der Waals surface area contributed by atoms with Crippen molar-refractivity contribution in [3.8, 4) is 11.1 Å². The van der Waals surface area contributed by atoms with Gasteiger partial charge in [-0.05, 0) is 37.3 Å². The standard InChI is InChI=1S/C18H17N3OS/c1-10(22)17-16(19)15-14(11-5-4-8-20-9-11)12-6-2-3-7-13(12)21-18(15)23-17/h4-5,8-9H,2-3,6-7,19H2,1H3. The Morgan fingerprint density at radius 1 is 1.30 bits per heavy atom. The van der Waals surface area contributed by atoms with Crippen molar-refractivity contribution in [1.82, 2.24) is 9.97 Å². The topological polar surface area (TPSA) is 68.9 Å². The smallest absolute Gasteiger partial charge is 0.171 e. The molecule has 3 heterocycles. The molecular weight excluding hydrogens is 306 g/mol. The molecule has 0 amide bonds. The van der Waals surface area contributed by atoms with E-state index < -0.39 is 0 Å². The number of nitrogens with two attached hydrogens (primary N) is 1. The summed E-state index contributed by atoms with van der Waals surface area (Å²) in [6.45, 7) is 1.56. The SMILES string of the molecule is CC(=O)c1sc2nc3c(c(-c4cccnc4)c2c1N)CCCC3. The molecule has 0 saturated carbocycles. The van der Waals surface area contributed by atoms with Crippen molar-refractivity contribution >= 4 is 33.0 Å². The lowest BCUT2D eigenvalue weighted by Gasteiger charge is -2.20. The number of rotatable bonds is 2. The van der Waals surface area contributed by atoms with Crippen molar-refractivity contribution in [2.75, 3.05) is 5.73 Å². The van der Waals surface area contributed by atoms with Gasteiger partial charge in [-0.2, -0.15) is 0 Å². The Labute approximate surface area is 138 Å². The average Bonchev–Trinajstić information content (AvgIpc) is 2.90. The normalized spacial score (nSPS) is 14.0. The summed E-state index contributed by atoms with van der Waals surface area (Å²) < 4.78 is 0. The van der Waals surface area contributed by atoms with Crippen molar-refractivity contribution in [3.63, 3.8) is 0 Å². The molecule has 4 rings (SSSR count). The third-order valence-corrected chi connectivity index (χ3v) is 5.62. The molecule has 1 aliphatic rings. The van der Waals surface area contributed by atoms with E-state index in [1.165, 1.54) is 23.3 Å². The van der Waals surface area contributed by atoms with Crippen molar-refractivity contribution < 1.29 is 4.79 Å². The number of hydrogen-bond acceptors (Lipinski definition) is 5. The molecule has 23 heavy (non-hydrogen) atoms. The number of ketones is 1. The Bertz CT molecular complexity index is 915. The predicted octanol–water partition coefficient (Wildman–Crippen LogP) is 4.02. The summed E-state index contributed by atoms with van der Waals surface area (Å²) in [4.78, 5) is 22.5. The van der Waals surface area contributed by atoms with E-state index >= 15 is 0 Å². The molecule has 0 aromatic carbocycles. The quantitative estimate of drug-likeness (QED) is 0.723. The van der Waals surface area contributed by atoms with Gasteiger partial charge < -0.3 is 5.73 Å². The van der Waals surface area contributed by atoms with E-state index in [0.29, 0.717) is 10.6 Å². The Hall–Kier alpha value is -2.27. The van der Waals surface area contributed by atoms with Crippen LogP contribution in [0.5, 0.6) is 0 Å². The highest BCUT2D eigenvalue weighted by molar-refractivity contribution is 7.21. The molecule has 5 heteroatoms. The molecule has 0 saturated heterocycles. The van der Waals surface area contributed by atoms with Crippen molar-refractivity contribution in [2.45, 2.75) is 32.6 Å². The van der Waals surface area contributed by atoms with Gasteiger partial charge in [0, 0.05) is 41.5 Å². The lowest BCUT2D eigenvalue weighted by atomic mass is 9.88. The van der Waals surface area contributed by atoms with Gasteiger partial charge in [-0.1, -0.05) is 6.07 Å². The van der Waals surface area contributed by atoms with Crippen LogP contribution in [0.25, 0.3) is 21.3 Å². The zero-order valence-electron chi connectivity index (χ0n) is 12.9. The molecule has 0 atom stereocenters. The number of nitrogens with zero attached hydrogens (tertiary/aromatic N) is 2. The number of carbonyl (C=O) groups is 1. The molecule has 3 aromatic rings. The van der Waals surface area contributed by atoms with Gasteiger partial charge in [0.15, 0.2) is 5.78 Å². The first-order valence-electron chi connectivity index (χ1n) is 7.82. The number of nitrogen functional groups attached to an aromatic ring is 1. The molecule has 3 aromatic heterocycles. The summed E-state index contributed by atoms with van der Waals surface area (Å²) in [6, 6.07) is 3.99. The summed E-state index contributed by atoms with van der Waals surface area (Å²) >= 11 is 1.41. The van der Waals surface area contributed by atoms with Crippen LogP contribution < -0.4 is 5.73 Å². The number of thiophene rings is 1. The highest BCUT2D eigenvalue weighted by Gasteiger charge is 2.24. The summed E-state index contributed by atoms with van der Waals surface area (Å²) in [5, 5.41) is 0.925. The van der Waals surface area contributed by atoms with Gasteiger partial charge in [-0.25, -0.2) is 4.98 Å². The fourth-order valence-electron chi connectivity index (χ4n) is 3.40. The molecular formula is C18H17N3OS. The van der Waals surface area contributed by atoms with Crippen molar-refractivity contribution in [2.24, 2.45) is 0 Å². The maximum Gasteiger partial charge on any atom is 0.171 e. The van der Waals surface area contributed by atoms with Crippen LogP contribution in [0.1, 0.15) is 40.7 Å². The maximum atomic E-state index is 11.9. The molecule has 116 valence electrons. The van der Waals surface area contributed by atoms with Gasteiger partial charge in [-0.15, -0.1) is 11.3 Å². The fraction of sp³-hybridized carbons (Fsp3) is 0.278. The Kier molecular flexibility index (Phi) is 3.38. The van der Waals surface area contributed by atoms with E-state index in [0.717, 1.165) is 46.3 Å². The van der Waals surface area contributed by atoms with E-state index in [1.54, 1.807) is 13.1 Å². The molecule has 0 unspecified atom stereocenters. The van der Waals surface area contributed by atoms with Gasteiger partial charge in [0.1, 0.15) is 4.83 Å². The minimum atomic E-state index is 0.000564. The lowest BCUT2D eigenvalue weighted by molar-refractivity contribution is 0.102. The van der Waals surface area contributed by atoms with Crippen LogP contribution in [-0.2, 0) is 12.8 Å². The fourth-order valence-corrected chi connectivity index (χ4v) is 4.42. The first kappa shape index (κ1) is 14.3. The number of fused-ring (bicyclic) bond motifs is 2. The Morgan fingerprint density at radius 3 is 2.87 bits per heavy atom. The summed E-state index contributed by atoms with van der Waals surface area (Å²) in [5.41, 5.74) is 11.5. The Balaban J connectivity index is 2.13. The third kappa shape index (κ3) is 2.23. The highest BCUT2D eigenvalue weighted by Crippen LogP contribution is 2.43. The minimum absolute atomic E-state index is 0.000564. The predicted molar refractivity (Wildman–Crippen MR) is 93.9 cm³/mol. The van der Waals surface area contributed by atoms with Crippen molar-refractivity contribution in [1.29, 1.82) is 0 Å². The van der Waals surface area contributed by atoms with Crippen LogP contribution in [0.15, 0.2) is 24.5 Å². The minimum Gasteiger partial charge on any atom is -0.397 e. The monoisotopic (exact) mass is 323 g/mol. The Morgan fingerprint density at radius 2 is 2.13 bits per heavy atom. The highest BCUT2D eigenvalue weighted by atomic mass is 32.1. The van der Waals surface area contributed by atoms with Crippen LogP contribution >= 0.6 is 11.3 Å². The second-order valence-electron chi connectivity index (χ2n) is 5.94. The van der Waals surface area contributed by atoms with E-state index in [-0.39, 0.29) is 5.78 Å². The summed E-state index contributed by atoms with van der Waals surface area (Å²) in [5.74, 6) is 0.000564. The molecule has 2 N–H and O–H groups in total. The van der Waals surface area contributed by atoms with Gasteiger partial charge in [-0.3, -0.25) is 9.78 Å². The first-order chi connectivity index (χ1) is 11.2. The van der Waals surface area contributed by atoms with Crippen molar-refractivity contribution in [3.05, 3.63) is 40.7 Å². The zero-order valence-corrected chi connectivity index (χ0v) is 13.7. The van der Waals surface area contributed by atoms with Crippen LogP contribution in [0.2, 0.25) is 0 Å². The number of aromatic nitrogens is 2. The molecule has 0 radical (unpaired) electrons. The number of hydrogen-bond donors (Lipinski definition) is 1. The lowest BCUT2D eigenvalue weighted by Crippen LogP contribution is -2.08. The van der Waals surface area contributed by atoms with Crippen LogP contribution in [0, 0.1) is 0 Å². The number of aryl methyl sites for hydroxylation is 1. The van der Waals surface area contributed by atoms with Crippen LogP contribution in [-0.4, -0.2) is 15.8 Å². The molecule has 0 fully saturated rings. The molecule has 0 aliphatic heterocycles. The first-order valence-corrected chi connectivity index (χ1v) is 8.63. The maximum absolute atomic E-state index is 11.9. The second-order valence-corrected chi connectivity index (χ2v) is 6.94. The van der Waals surface area contributed by atoms with E-state index in [9.17, 15) is 4.79 Å². The number of anilines is 1. The summed E-state index contributed by atoms with van der Waals surface area (Å²) in [7, 11) is 0. The van der Waals surface area contributed by atoms with Crippen LogP contribution in [0.4, 0.5) is 5.69 Å². The van der Waals surface area contributed by atoms with Crippen LogP contribution in [0.3, 0.4) is 0 Å².